The lowest BCUT2D eigenvalue weighted by Gasteiger charge is -2.22. The van der Waals surface area contributed by atoms with Gasteiger partial charge in [-0.1, -0.05) is 12.1 Å². The Balaban J connectivity index is 1.68. The quantitative estimate of drug-likeness (QED) is 0.635. The predicted octanol–water partition coefficient (Wildman–Crippen LogP) is 1.29. The van der Waals surface area contributed by atoms with Gasteiger partial charge in [-0.3, -0.25) is 14.8 Å². The van der Waals surface area contributed by atoms with Gasteiger partial charge in [0, 0.05) is 18.2 Å². The molecule has 1 atom stereocenters. The van der Waals surface area contributed by atoms with Crippen LogP contribution in [0.3, 0.4) is 0 Å². The van der Waals surface area contributed by atoms with E-state index in [0.29, 0.717) is 18.0 Å². The highest BCUT2D eigenvalue weighted by atomic mass is 16.5. The normalized spacial score (nSPS) is 27.3. The van der Waals surface area contributed by atoms with Gasteiger partial charge in [0.25, 0.3) is 5.91 Å². The molecule has 1 saturated carbocycles. The van der Waals surface area contributed by atoms with E-state index in [1.165, 1.54) is 0 Å². The van der Waals surface area contributed by atoms with E-state index in [4.69, 9.17) is 5.21 Å². The molecule has 1 spiro atoms. The molecule has 21 heavy (non-hydrogen) atoms. The first-order chi connectivity index (χ1) is 10.1. The van der Waals surface area contributed by atoms with E-state index >= 15 is 0 Å². The molecule has 1 unspecified atom stereocenters. The molecule has 5 nitrogen and oxygen atoms in total. The second-order valence-corrected chi connectivity index (χ2v) is 6.50. The molecule has 5 heteroatoms. The number of fused-ring (bicyclic) bond motifs is 1. The van der Waals surface area contributed by atoms with Crippen LogP contribution in [0.5, 0.6) is 0 Å². The van der Waals surface area contributed by atoms with Crippen molar-refractivity contribution in [2.24, 2.45) is 5.41 Å². The van der Waals surface area contributed by atoms with Crippen molar-refractivity contribution in [3.05, 3.63) is 34.9 Å². The number of nitrogens with zero attached hydrogens (tertiary/aromatic N) is 1. The minimum absolute atomic E-state index is 0.261. The second-order valence-electron chi connectivity index (χ2n) is 6.50. The molecule has 0 radical (unpaired) electrons. The van der Waals surface area contributed by atoms with Crippen molar-refractivity contribution in [1.29, 1.82) is 0 Å². The average Bonchev–Trinajstić information content (AvgIpc) is 3.19. The molecule has 1 aliphatic heterocycles. The first kappa shape index (κ1) is 12.8. The minimum atomic E-state index is -0.492. The Morgan fingerprint density at radius 3 is 2.86 bits per heavy atom. The van der Waals surface area contributed by atoms with Crippen LogP contribution in [0, 0.1) is 5.41 Å². The van der Waals surface area contributed by atoms with Gasteiger partial charge in [0.2, 0.25) is 5.91 Å². The van der Waals surface area contributed by atoms with Gasteiger partial charge in [0.15, 0.2) is 0 Å². The standard InChI is InChI=1S/C16H18N2O3/c19-14(17-21)12-3-1-2-10-8-16(9-13(10)12)6-7-18(15(16)20)11-4-5-11/h1-3,11,21H,4-9H2,(H,17,19). The zero-order valence-corrected chi connectivity index (χ0v) is 11.8. The first-order valence-electron chi connectivity index (χ1n) is 7.51. The highest BCUT2D eigenvalue weighted by Gasteiger charge is 2.53. The Morgan fingerprint density at radius 2 is 2.14 bits per heavy atom. The van der Waals surface area contributed by atoms with Crippen molar-refractivity contribution < 1.29 is 14.8 Å². The molecule has 1 saturated heterocycles. The van der Waals surface area contributed by atoms with Crippen LogP contribution in [-0.2, 0) is 17.6 Å². The molecule has 3 aliphatic rings. The predicted molar refractivity (Wildman–Crippen MR) is 74.9 cm³/mol. The monoisotopic (exact) mass is 286 g/mol. The van der Waals surface area contributed by atoms with Gasteiger partial charge in [0.05, 0.1) is 5.41 Å². The molecule has 4 rings (SSSR count). The molecule has 2 fully saturated rings. The third kappa shape index (κ3) is 1.80. The lowest BCUT2D eigenvalue weighted by molar-refractivity contribution is -0.136. The van der Waals surface area contributed by atoms with Crippen LogP contribution in [-0.4, -0.2) is 34.5 Å². The highest BCUT2D eigenvalue weighted by molar-refractivity contribution is 5.96. The molecule has 1 heterocycles. The maximum absolute atomic E-state index is 12.8. The number of hydrogen-bond donors (Lipinski definition) is 2. The van der Waals surface area contributed by atoms with Crippen LogP contribution in [0.25, 0.3) is 0 Å². The van der Waals surface area contributed by atoms with E-state index in [-0.39, 0.29) is 11.3 Å². The van der Waals surface area contributed by atoms with E-state index in [0.717, 1.165) is 43.4 Å². The third-order valence-electron chi connectivity index (χ3n) is 5.20. The average molecular weight is 286 g/mol. The summed E-state index contributed by atoms with van der Waals surface area (Å²) in [4.78, 5) is 26.6. The molecule has 2 aliphatic carbocycles. The first-order valence-corrected chi connectivity index (χ1v) is 7.51. The summed E-state index contributed by atoms with van der Waals surface area (Å²) >= 11 is 0. The summed E-state index contributed by atoms with van der Waals surface area (Å²) in [5, 5.41) is 8.88. The molecular weight excluding hydrogens is 268 g/mol. The number of carbonyl (C=O) groups is 2. The van der Waals surface area contributed by atoms with E-state index < -0.39 is 5.91 Å². The Hall–Kier alpha value is -1.88. The van der Waals surface area contributed by atoms with Gasteiger partial charge in [0.1, 0.15) is 0 Å². The van der Waals surface area contributed by atoms with E-state index in [9.17, 15) is 9.59 Å². The zero-order chi connectivity index (χ0) is 14.6. The molecule has 0 bridgehead atoms. The maximum Gasteiger partial charge on any atom is 0.274 e. The van der Waals surface area contributed by atoms with Gasteiger partial charge >= 0.3 is 0 Å². The summed E-state index contributed by atoms with van der Waals surface area (Å²) in [7, 11) is 0. The van der Waals surface area contributed by atoms with Crippen LogP contribution in [0.1, 0.15) is 40.7 Å². The summed E-state index contributed by atoms with van der Waals surface area (Å²) < 4.78 is 0. The summed E-state index contributed by atoms with van der Waals surface area (Å²) in [5.41, 5.74) is 3.84. The van der Waals surface area contributed by atoms with E-state index in [1.807, 2.05) is 17.0 Å². The van der Waals surface area contributed by atoms with Crippen molar-refractivity contribution >= 4 is 11.8 Å². The van der Waals surface area contributed by atoms with Crippen molar-refractivity contribution in [1.82, 2.24) is 10.4 Å². The van der Waals surface area contributed by atoms with Crippen molar-refractivity contribution in [2.45, 2.75) is 38.1 Å². The lowest BCUT2D eigenvalue weighted by Crippen LogP contribution is -2.36. The number of carbonyl (C=O) groups excluding carboxylic acids is 2. The fraction of sp³-hybridized carbons (Fsp3) is 0.500. The molecule has 110 valence electrons. The number of nitrogens with one attached hydrogen (secondary N) is 1. The van der Waals surface area contributed by atoms with E-state index in [2.05, 4.69) is 0 Å². The number of hydrogen-bond acceptors (Lipinski definition) is 3. The van der Waals surface area contributed by atoms with Crippen LogP contribution in [0.2, 0.25) is 0 Å². The summed E-state index contributed by atoms with van der Waals surface area (Å²) in [6.45, 7) is 0.846. The topological polar surface area (TPSA) is 69.6 Å². The summed E-state index contributed by atoms with van der Waals surface area (Å²) in [6.07, 6.45) is 4.47. The molecule has 1 aromatic carbocycles. The van der Waals surface area contributed by atoms with Gasteiger partial charge in [-0.25, -0.2) is 5.48 Å². The number of amides is 2. The van der Waals surface area contributed by atoms with E-state index in [1.54, 1.807) is 11.5 Å². The Bertz CT molecular complexity index is 638. The van der Waals surface area contributed by atoms with Crippen LogP contribution in [0.4, 0.5) is 0 Å². The Labute approximate surface area is 122 Å². The van der Waals surface area contributed by atoms with Crippen LogP contribution < -0.4 is 5.48 Å². The number of hydroxylamine groups is 1. The molecule has 0 aromatic heterocycles. The summed E-state index contributed by atoms with van der Waals surface area (Å²) in [6, 6.07) is 5.98. The fourth-order valence-corrected chi connectivity index (χ4v) is 3.96. The smallest absolute Gasteiger partial charge is 0.274 e. The van der Waals surface area contributed by atoms with Gasteiger partial charge in [-0.15, -0.1) is 0 Å². The van der Waals surface area contributed by atoms with Crippen LogP contribution in [0.15, 0.2) is 18.2 Å². The Kier molecular flexibility index (Phi) is 2.63. The van der Waals surface area contributed by atoms with Gasteiger partial charge < -0.3 is 4.90 Å². The SMILES string of the molecule is O=C(NO)c1cccc2c1CC1(CCN(C3CC3)C1=O)C2. The largest absolute Gasteiger partial charge is 0.339 e. The Morgan fingerprint density at radius 1 is 1.33 bits per heavy atom. The molecule has 2 N–H and O–H groups in total. The zero-order valence-electron chi connectivity index (χ0n) is 11.8. The second kappa shape index (κ2) is 4.31. The highest BCUT2D eigenvalue weighted by Crippen LogP contribution is 2.48. The lowest BCUT2D eigenvalue weighted by atomic mass is 9.83. The number of rotatable bonds is 2. The van der Waals surface area contributed by atoms with Gasteiger partial charge in [-0.2, -0.15) is 0 Å². The fourth-order valence-electron chi connectivity index (χ4n) is 3.96. The van der Waals surface area contributed by atoms with Crippen molar-refractivity contribution in [3.63, 3.8) is 0 Å². The summed E-state index contributed by atoms with van der Waals surface area (Å²) in [5.74, 6) is -0.232. The number of benzene rings is 1. The maximum atomic E-state index is 12.8. The van der Waals surface area contributed by atoms with Gasteiger partial charge in [-0.05, 0) is 49.3 Å². The third-order valence-corrected chi connectivity index (χ3v) is 5.20. The van der Waals surface area contributed by atoms with Crippen molar-refractivity contribution in [3.8, 4) is 0 Å². The van der Waals surface area contributed by atoms with Crippen LogP contribution >= 0.6 is 0 Å². The minimum Gasteiger partial charge on any atom is -0.339 e. The molecule has 2 amide bonds. The van der Waals surface area contributed by atoms with Crippen molar-refractivity contribution in [2.75, 3.05) is 6.54 Å². The molecular formula is C16H18N2O3. The molecule has 1 aromatic rings. The number of likely N-dealkylation sites (tertiary alicyclic amines) is 1.